The molecule has 0 saturated carbocycles. The van der Waals surface area contributed by atoms with Crippen molar-refractivity contribution in [1.29, 1.82) is 0 Å². The van der Waals surface area contributed by atoms with Crippen molar-refractivity contribution in [3.63, 3.8) is 0 Å². The van der Waals surface area contributed by atoms with Crippen molar-refractivity contribution in [2.24, 2.45) is 0 Å². The van der Waals surface area contributed by atoms with E-state index >= 15 is 0 Å². The van der Waals surface area contributed by atoms with E-state index in [1.807, 2.05) is 0 Å². The van der Waals surface area contributed by atoms with Crippen LogP contribution in [0.2, 0.25) is 5.02 Å². The normalized spacial score (nSPS) is 10.2. The molecule has 2 aromatic rings. The molecule has 0 saturated heterocycles. The van der Waals surface area contributed by atoms with E-state index < -0.39 is 0 Å². The smallest absolute Gasteiger partial charge is 0.251 e. The minimum absolute atomic E-state index is 0.215. The van der Waals surface area contributed by atoms with Crippen LogP contribution in [-0.2, 0) is 0 Å². The summed E-state index contributed by atoms with van der Waals surface area (Å²) in [4.78, 5) is 17.7. The Morgan fingerprint density at radius 1 is 1.33 bits per heavy atom. The van der Waals surface area contributed by atoms with E-state index in [9.17, 15) is 4.79 Å². The van der Waals surface area contributed by atoms with Crippen LogP contribution in [0.5, 0.6) is 0 Å². The minimum Gasteiger partial charge on any atom is -0.399 e. The number of hydrogen-bond donors (Lipinski definition) is 2. The molecule has 4 nitrogen and oxygen atoms in total. The molecular weight excluding hydrogens is 214 g/mol. The van der Waals surface area contributed by atoms with E-state index in [2.05, 4.69) is 9.97 Å². The van der Waals surface area contributed by atoms with Crippen molar-refractivity contribution in [1.82, 2.24) is 9.97 Å². The lowest BCUT2D eigenvalue weighted by Crippen LogP contribution is -2.06. The molecule has 15 heavy (non-hydrogen) atoms. The van der Waals surface area contributed by atoms with E-state index in [0.29, 0.717) is 22.1 Å². The number of aromatic nitrogens is 2. The highest BCUT2D eigenvalue weighted by molar-refractivity contribution is 6.33. The van der Waals surface area contributed by atoms with Gasteiger partial charge in [0.05, 0.1) is 5.02 Å². The average Bonchev–Trinajstić information content (AvgIpc) is 2.17. The molecule has 0 amide bonds. The van der Waals surface area contributed by atoms with Crippen molar-refractivity contribution in [3.8, 4) is 11.4 Å². The van der Waals surface area contributed by atoms with Gasteiger partial charge in [0, 0.05) is 23.5 Å². The van der Waals surface area contributed by atoms with E-state index in [0.717, 1.165) is 0 Å². The van der Waals surface area contributed by atoms with Crippen LogP contribution in [0.3, 0.4) is 0 Å². The van der Waals surface area contributed by atoms with Crippen LogP contribution < -0.4 is 11.3 Å². The van der Waals surface area contributed by atoms with Gasteiger partial charge in [-0.15, -0.1) is 0 Å². The predicted molar refractivity (Wildman–Crippen MR) is 59.7 cm³/mol. The Morgan fingerprint density at radius 3 is 2.80 bits per heavy atom. The second kappa shape index (κ2) is 3.74. The van der Waals surface area contributed by atoms with E-state index in [4.69, 9.17) is 17.3 Å². The van der Waals surface area contributed by atoms with Crippen LogP contribution in [0.1, 0.15) is 0 Å². The van der Waals surface area contributed by atoms with Crippen LogP contribution in [0, 0.1) is 0 Å². The fourth-order valence-electron chi connectivity index (χ4n) is 1.23. The number of anilines is 1. The van der Waals surface area contributed by atoms with Gasteiger partial charge in [-0.05, 0) is 18.2 Å². The van der Waals surface area contributed by atoms with Crippen LogP contribution in [-0.4, -0.2) is 9.97 Å². The third-order valence-corrected chi connectivity index (χ3v) is 2.23. The Kier molecular flexibility index (Phi) is 2.43. The molecule has 5 heteroatoms. The molecule has 0 aliphatic heterocycles. The van der Waals surface area contributed by atoms with Gasteiger partial charge in [0.2, 0.25) is 0 Å². The first-order chi connectivity index (χ1) is 7.16. The lowest BCUT2D eigenvalue weighted by atomic mass is 10.2. The highest BCUT2D eigenvalue weighted by atomic mass is 35.5. The maximum Gasteiger partial charge on any atom is 0.251 e. The Morgan fingerprint density at radius 2 is 2.13 bits per heavy atom. The van der Waals surface area contributed by atoms with Gasteiger partial charge in [-0.25, -0.2) is 4.98 Å². The molecule has 0 unspecified atom stereocenters. The second-order valence-corrected chi connectivity index (χ2v) is 3.43. The lowest BCUT2D eigenvalue weighted by molar-refractivity contribution is 1.13. The Hall–Kier alpha value is -1.81. The molecular formula is C10H8ClN3O. The highest BCUT2D eigenvalue weighted by Crippen LogP contribution is 2.25. The van der Waals surface area contributed by atoms with Crippen LogP contribution in [0.4, 0.5) is 5.69 Å². The number of nitrogens with zero attached hydrogens (tertiary/aromatic N) is 1. The predicted octanol–water partition coefficient (Wildman–Crippen LogP) is 1.67. The van der Waals surface area contributed by atoms with E-state index in [-0.39, 0.29) is 5.56 Å². The number of H-pyrrole nitrogens is 1. The molecule has 0 aliphatic carbocycles. The summed E-state index contributed by atoms with van der Waals surface area (Å²) in [6, 6.07) is 6.38. The Balaban J connectivity index is 2.59. The van der Waals surface area contributed by atoms with Gasteiger partial charge in [0.25, 0.3) is 5.56 Å². The van der Waals surface area contributed by atoms with Crippen molar-refractivity contribution >= 4 is 17.3 Å². The highest BCUT2D eigenvalue weighted by Gasteiger charge is 2.05. The van der Waals surface area contributed by atoms with Crippen molar-refractivity contribution in [2.45, 2.75) is 0 Å². The fourth-order valence-corrected chi connectivity index (χ4v) is 1.51. The number of rotatable bonds is 1. The van der Waals surface area contributed by atoms with Crippen LogP contribution in [0.25, 0.3) is 11.4 Å². The maximum absolute atomic E-state index is 11.1. The first-order valence-corrected chi connectivity index (χ1v) is 4.65. The summed E-state index contributed by atoms with van der Waals surface area (Å²) in [5.41, 5.74) is 6.57. The molecule has 76 valence electrons. The summed E-state index contributed by atoms with van der Waals surface area (Å²) >= 11 is 5.97. The number of halogens is 1. The lowest BCUT2D eigenvalue weighted by Gasteiger charge is -2.03. The number of aromatic amines is 1. The largest absolute Gasteiger partial charge is 0.399 e. The van der Waals surface area contributed by atoms with Gasteiger partial charge in [0.15, 0.2) is 0 Å². The molecule has 1 aromatic heterocycles. The summed E-state index contributed by atoms with van der Waals surface area (Å²) in [7, 11) is 0. The average molecular weight is 222 g/mol. The SMILES string of the molecule is Nc1ccc(-c2nccc(=O)[nH]2)c(Cl)c1. The molecule has 1 aromatic carbocycles. The summed E-state index contributed by atoms with van der Waals surface area (Å²) in [6.07, 6.45) is 1.43. The third-order valence-electron chi connectivity index (χ3n) is 1.92. The number of nitrogens with one attached hydrogen (secondary N) is 1. The second-order valence-electron chi connectivity index (χ2n) is 3.02. The molecule has 2 rings (SSSR count). The molecule has 0 radical (unpaired) electrons. The van der Waals surface area contributed by atoms with E-state index in [1.165, 1.54) is 12.3 Å². The summed E-state index contributed by atoms with van der Waals surface area (Å²) < 4.78 is 0. The zero-order valence-corrected chi connectivity index (χ0v) is 8.45. The summed E-state index contributed by atoms with van der Waals surface area (Å²) in [5, 5.41) is 0.462. The number of benzene rings is 1. The minimum atomic E-state index is -0.215. The first-order valence-electron chi connectivity index (χ1n) is 4.27. The van der Waals surface area contributed by atoms with Crippen molar-refractivity contribution in [3.05, 3.63) is 45.8 Å². The van der Waals surface area contributed by atoms with Crippen LogP contribution in [0.15, 0.2) is 35.3 Å². The summed E-state index contributed by atoms with van der Waals surface area (Å²) in [6.45, 7) is 0. The zero-order chi connectivity index (χ0) is 10.8. The molecule has 1 heterocycles. The summed E-state index contributed by atoms with van der Waals surface area (Å²) in [5.74, 6) is 0.438. The molecule has 0 bridgehead atoms. The monoisotopic (exact) mass is 221 g/mol. The number of nitrogens with two attached hydrogens (primary N) is 1. The van der Waals surface area contributed by atoms with Gasteiger partial charge in [-0.3, -0.25) is 4.79 Å². The zero-order valence-electron chi connectivity index (χ0n) is 7.70. The molecule has 0 spiro atoms. The van der Waals surface area contributed by atoms with Gasteiger partial charge in [-0.2, -0.15) is 0 Å². The maximum atomic E-state index is 11.1. The van der Waals surface area contributed by atoms with E-state index in [1.54, 1.807) is 18.2 Å². The number of nitrogen functional groups attached to an aromatic ring is 1. The van der Waals surface area contributed by atoms with Gasteiger partial charge < -0.3 is 10.7 Å². The van der Waals surface area contributed by atoms with Crippen molar-refractivity contribution < 1.29 is 0 Å². The van der Waals surface area contributed by atoms with Gasteiger partial charge in [-0.1, -0.05) is 11.6 Å². The van der Waals surface area contributed by atoms with Crippen molar-refractivity contribution in [2.75, 3.05) is 5.73 Å². The van der Waals surface area contributed by atoms with Crippen LogP contribution >= 0.6 is 11.6 Å². The number of hydrogen-bond acceptors (Lipinski definition) is 3. The fraction of sp³-hybridized carbons (Fsp3) is 0. The molecule has 0 aliphatic rings. The van der Waals surface area contributed by atoms with Gasteiger partial charge in [0.1, 0.15) is 5.82 Å². The standard InChI is InChI=1S/C10H8ClN3O/c11-8-5-6(12)1-2-7(8)10-13-4-3-9(15)14-10/h1-5H,12H2,(H,13,14,15). The first kappa shape index (κ1) is 9.73. The quantitative estimate of drug-likeness (QED) is 0.720. The molecule has 0 fully saturated rings. The topological polar surface area (TPSA) is 71.8 Å². The Labute approximate surface area is 90.7 Å². The molecule has 3 N–H and O–H groups in total. The molecule has 0 atom stereocenters. The van der Waals surface area contributed by atoms with Gasteiger partial charge >= 0.3 is 0 Å². The Bertz CT molecular complexity index is 550. The third kappa shape index (κ3) is 1.99.